The van der Waals surface area contributed by atoms with Gasteiger partial charge in [-0.25, -0.2) is 0 Å². The number of hydrogen-bond acceptors (Lipinski definition) is 4. The van der Waals surface area contributed by atoms with Gasteiger partial charge in [-0.3, -0.25) is 9.59 Å². The third-order valence-corrected chi connectivity index (χ3v) is 3.32. The molecular formula is C14H20ClN3O3. The Labute approximate surface area is 128 Å². The molecule has 0 aliphatic heterocycles. The van der Waals surface area contributed by atoms with E-state index < -0.39 is 12.0 Å². The van der Waals surface area contributed by atoms with Crippen LogP contribution in [-0.4, -0.2) is 36.1 Å². The van der Waals surface area contributed by atoms with Crippen molar-refractivity contribution in [3.63, 3.8) is 0 Å². The fourth-order valence-electron chi connectivity index (χ4n) is 1.69. The molecule has 21 heavy (non-hydrogen) atoms. The quantitative estimate of drug-likeness (QED) is 0.543. The first-order chi connectivity index (χ1) is 9.93. The number of carbonyl (C=O) groups is 2. The lowest BCUT2D eigenvalue weighted by Gasteiger charge is -2.14. The Morgan fingerprint density at radius 2 is 2.14 bits per heavy atom. The number of carboxylic acids is 1. The zero-order chi connectivity index (χ0) is 15.8. The average molecular weight is 314 g/mol. The van der Waals surface area contributed by atoms with Crippen molar-refractivity contribution in [1.82, 2.24) is 5.32 Å². The highest BCUT2D eigenvalue weighted by Crippen LogP contribution is 2.20. The Bertz CT molecular complexity index is 508. The summed E-state index contributed by atoms with van der Waals surface area (Å²) in [6.45, 7) is 2.78. The van der Waals surface area contributed by atoms with E-state index in [0.717, 1.165) is 5.56 Å². The molecule has 0 unspecified atom stereocenters. The van der Waals surface area contributed by atoms with Gasteiger partial charge in [0.2, 0.25) is 5.91 Å². The Balaban J connectivity index is 2.56. The number of aryl methyl sites for hydroxylation is 1. The van der Waals surface area contributed by atoms with Crippen LogP contribution in [0.15, 0.2) is 18.2 Å². The highest BCUT2D eigenvalue weighted by molar-refractivity contribution is 6.31. The Morgan fingerprint density at radius 1 is 1.43 bits per heavy atom. The molecule has 0 spiro atoms. The van der Waals surface area contributed by atoms with E-state index in [1.807, 2.05) is 6.92 Å². The first-order valence-electron chi connectivity index (χ1n) is 6.66. The Kier molecular flexibility index (Phi) is 7.14. The third kappa shape index (κ3) is 6.12. The fourth-order valence-corrected chi connectivity index (χ4v) is 1.87. The number of nitrogens with one attached hydrogen (secondary N) is 2. The molecule has 0 aliphatic rings. The van der Waals surface area contributed by atoms with Crippen LogP contribution in [0.5, 0.6) is 0 Å². The molecule has 1 rings (SSSR count). The molecular weight excluding hydrogens is 294 g/mol. The molecule has 0 bridgehead atoms. The van der Waals surface area contributed by atoms with E-state index in [2.05, 4.69) is 10.6 Å². The van der Waals surface area contributed by atoms with Gasteiger partial charge in [0.05, 0.1) is 6.42 Å². The molecule has 6 nitrogen and oxygen atoms in total. The molecule has 116 valence electrons. The summed E-state index contributed by atoms with van der Waals surface area (Å²) < 4.78 is 0. The number of anilines is 1. The van der Waals surface area contributed by atoms with Crippen molar-refractivity contribution >= 4 is 29.2 Å². The van der Waals surface area contributed by atoms with Crippen LogP contribution in [0.1, 0.15) is 18.4 Å². The predicted molar refractivity (Wildman–Crippen MR) is 82.5 cm³/mol. The number of rotatable bonds is 8. The smallest absolute Gasteiger partial charge is 0.321 e. The van der Waals surface area contributed by atoms with Crippen molar-refractivity contribution in [1.29, 1.82) is 0 Å². The Morgan fingerprint density at radius 3 is 2.71 bits per heavy atom. The fraction of sp³-hybridized carbons (Fsp3) is 0.429. The minimum absolute atomic E-state index is 0.161. The molecule has 0 radical (unpaired) electrons. The van der Waals surface area contributed by atoms with Gasteiger partial charge in [0.15, 0.2) is 0 Å². The van der Waals surface area contributed by atoms with Crippen molar-refractivity contribution in [3.8, 4) is 0 Å². The van der Waals surface area contributed by atoms with Crippen LogP contribution in [0.4, 0.5) is 5.69 Å². The predicted octanol–water partition coefficient (Wildman–Crippen LogP) is 1.37. The molecule has 1 aromatic carbocycles. The molecule has 0 heterocycles. The van der Waals surface area contributed by atoms with Gasteiger partial charge in [-0.1, -0.05) is 17.7 Å². The largest absolute Gasteiger partial charge is 0.480 e. The van der Waals surface area contributed by atoms with Gasteiger partial charge in [0, 0.05) is 10.7 Å². The van der Waals surface area contributed by atoms with Crippen LogP contribution in [0.25, 0.3) is 0 Å². The van der Waals surface area contributed by atoms with Crippen LogP contribution in [-0.2, 0) is 9.59 Å². The molecule has 0 aromatic heterocycles. The van der Waals surface area contributed by atoms with Gasteiger partial charge in [-0.15, -0.1) is 0 Å². The highest BCUT2D eigenvalue weighted by atomic mass is 35.5. The molecule has 1 amide bonds. The second-order valence-electron chi connectivity index (χ2n) is 4.70. The van der Waals surface area contributed by atoms with Gasteiger partial charge in [0.25, 0.3) is 0 Å². The number of aliphatic carboxylic acids is 1. The molecule has 0 saturated heterocycles. The number of benzene rings is 1. The lowest BCUT2D eigenvalue weighted by molar-refractivity contribution is -0.141. The molecule has 1 aromatic rings. The maximum Gasteiger partial charge on any atom is 0.321 e. The van der Waals surface area contributed by atoms with Crippen LogP contribution in [0, 0.1) is 6.92 Å². The van der Waals surface area contributed by atoms with Crippen LogP contribution in [0.3, 0.4) is 0 Å². The van der Waals surface area contributed by atoms with Gasteiger partial charge < -0.3 is 21.5 Å². The van der Waals surface area contributed by atoms with Crippen molar-refractivity contribution in [2.45, 2.75) is 25.8 Å². The van der Waals surface area contributed by atoms with Gasteiger partial charge in [0.1, 0.15) is 6.04 Å². The summed E-state index contributed by atoms with van der Waals surface area (Å²) in [5.41, 5.74) is 6.79. The summed E-state index contributed by atoms with van der Waals surface area (Å²) >= 11 is 5.97. The molecule has 0 aliphatic carbocycles. The van der Waals surface area contributed by atoms with E-state index in [0.29, 0.717) is 30.2 Å². The van der Waals surface area contributed by atoms with E-state index in [-0.39, 0.29) is 12.3 Å². The number of nitrogens with two attached hydrogens (primary N) is 1. The first kappa shape index (κ1) is 17.4. The van der Waals surface area contributed by atoms with Gasteiger partial charge in [-0.05, 0) is 44.1 Å². The third-order valence-electron chi connectivity index (χ3n) is 2.91. The summed E-state index contributed by atoms with van der Waals surface area (Å²) in [5.74, 6) is -1.45. The number of carboxylic acid groups (broad SMARTS) is 1. The molecule has 5 N–H and O–H groups in total. The average Bonchev–Trinajstić information content (AvgIpc) is 2.42. The maximum atomic E-state index is 11.9. The lowest BCUT2D eigenvalue weighted by atomic mass is 10.1. The number of hydrogen-bond donors (Lipinski definition) is 4. The topological polar surface area (TPSA) is 104 Å². The van der Waals surface area contributed by atoms with Crippen molar-refractivity contribution in [2.24, 2.45) is 5.73 Å². The van der Waals surface area contributed by atoms with Crippen molar-refractivity contribution in [3.05, 3.63) is 28.8 Å². The highest BCUT2D eigenvalue weighted by Gasteiger charge is 2.20. The summed E-state index contributed by atoms with van der Waals surface area (Å²) in [5, 5.41) is 15.0. The van der Waals surface area contributed by atoms with Crippen molar-refractivity contribution in [2.75, 3.05) is 18.4 Å². The summed E-state index contributed by atoms with van der Waals surface area (Å²) in [6, 6.07) is 4.20. The number of halogens is 1. The minimum atomic E-state index is -1.07. The van der Waals surface area contributed by atoms with Gasteiger partial charge in [-0.2, -0.15) is 0 Å². The molecule has 0 fully saturated rings. The monoisotopic (exact) mass is 313 g/mol. The van der Waals surface area contributed by atoms with Crippen LogP contribution >= 0.6 is 11.6 Å². The van der Waals surface area contributed by atoms with Gasteiger partial charge >= 0.3 is 5.97 Å². The standard InChI is InChI=1S/C14H20ClN3O3/c1-9-3-4-10(7-11(9)15)18-13(19)8-12(14(20)21)17-6-2-5-16/h3-4,7,12,17H,2,5-6,8,16H2,1H3,(H,18,19)(H,20,21)/t12-/m1/s1. The summed E-state index contributed by atoms with van der Waals surface area (Å²) in [6.07, 6.45) is 0.490. The first-order valence-corrected chi connectivity index (χ1v) is 7.04. The zero-order valence-corrected chi connectivity index (χ0v) is 12.6. The van der Waals surface area contributed by atoms with E-state index in [4.69, 9.17) is 22.4 Å². The molecule has 7 heteroatoms. The lowest BCUT2D eigenvalue weighted by Crippen LogP contribution is -2.40. The van der Waals surface area contributed by atoms with Crippen molar-refractivity contribution < 1.29 is 14.7 Å². The summed E-state index contributed by atoms with van der Waals surface area (Å²) in [7, 11) is 0. The SMILES string of the molecule is Cc1ccc(NC(=O)C[C@@H](NCCCN)C(=O)O)cc1Cl. The van der Waals surface area contributed by atoms with E-state index >= 15 is 0 Å². The Hall–Kier alpha value is -1.63. The summed E-state index contributed by atoms with van der Waals surface area (Å²) in [4.78, 5) is 23.0. The second-order valence-corrected chi connectivity index (χ2v) is 5.11. The number of carbonyl (C=O) groups excluding carboxylic acids is 1. The van der Waals surface area contributed by atoms with Crippen LogP contribution in [0.2, 0.25) is 5.02 Å². The minimum Gasteiger partial charge on any atom is -0.480 e. The zero-order valence-electron chi connectivity index (χ0n) is 11.9. The van der Waals surface area contributed by atoms with E-state index in [1.165, 1.54) is 0 Å². The normalized spacial score (nSPS) is 12.0. The second kappa shape index (κ2) is 8.61. The maximum absolute atomic E-state index is 11.9. The number of amides is 1. The van der Waals surface area contributed by atoms with E-state index in [9.17, 15) is 9.59 Å². The van der Waals surface area contributed by atoms with Crippen LogP contribution < -0.4 is 16.4 Å². The molecule has 1 atom stereocenters. The molecule has 0 saturated carbocycles. The van der Waals surface area contributed by atoms with E-state index in [1.54, 1.807) is 18.2 Å².